The van der Waals surface area contributed by atoms with Gasteiger partial charge in [0.2, 0.25) is 0 Å². The summed E-state index contributed by atoms with van der Waals surface area (Å²) < 4.78 is 0.862. The first-order chi connectivity index (χ1) is 9.15. The predicted molar refractivity (Wildman–Crippen MR) is 79.3 cm³/mol. The predicted octanol–water partition coefficient (Wildman–Crippen LogP) is 3.13. The third kappa shape index (κ3) is 3.18. The van der Waals surface area contributed by atoms with Crippen molar-refractivity contribution >= 4 is 21.8 Å². The molecule has 2 rings (SSSR count). The second-order valence-electron chi connectivity index (χ2n) is 5.12. The van der Waals surface area contributed by atoms with Crippen molar-refractivity contribution < 1.29 is 9.90 Å². The van der Waals surface area contributed by atoms with E-state index in [4.69, 9.17) is 0 Å². The van der Waals surface area contributed by atoms with Crippen molar-refractivity contribution in [3.63, 3.8) is 0 Å². The van der Waals surface area contributed by atoms with E-state index in [2.05, 4.69) is 15.9 Å². The number of hydrogen-bond donors (Lipinski definition) is 1. The zero-order valence-corrected chi connectivity index (χ0v) is 12.8. The highest BCUT2D eigenvalue weighted by atomic mass is 79.9. The van der Waals surface area contributed by atoms with Crippen molar-refractivity contribution in [2.24, 2.45) is 0 Å². The number of benzene rings is 1. The molecule has 1 aromatic carbocycles. The van der Waals surface area contributed by atoms with E-state index in [1.165, 1.54) is 0 Å². The lowest BCUT2D eigenvalue weighted by Gasteiger charge is -2.29. The molecule has 1 heterocycles. The second-order valence-corrected chi connectivity index (χ2v) is 5.91. The highest BCUT2D eigenvalue weighted by Gasteiger charge is 2.26. The minimum atomic E-state index is -0.0394. The maximum absolute atomic E-state index is 12.7. The number of carbonyl (C=O) groups excluding carboxylic acids is 1. The van der Waals surface area contributed by atoms with Gasteiger partial charge in [0.1, 0.15) is 0 Å². The molecule has 0 aromatic heterocycles. The molecule has 4 heteroatoms. The van der Waals surface area contributed by atoms with Crippen molar-refractivity contribution in [2.45, 2.75) is 38.6 Å². The van der Waals surface area contributed by atoms with Gasteiger partial charge < -0.3 is 10.0 Å². The van der Waals surface area contributed by atoms with Crippen LogP contribution in [0.15, 0.2) is 22.7 Å². The van der Waals surface area contributed by atoms with Crippen molar-refractivity contribution in [1.29, 1.82) is 0 Å². The lowest BCUT2D eigenvalue weighted by atomic mass is 10.1. The van der Waals surface area contributed by atoms with Gasteiger partial charge in [0.05, 0.1) is 18.2 Å². The van der Waals surface area contributed by atoms with E-state index in [-0.39, 0.29) is 18.6 Å². The van der Waals surface area contributed by atoms with Crippen LogP contribution in [0.25, 0.3) is 0 Å². The first kappa shape index (κ1) is 14.5. The first-order valence-electron chi connectivity index (χ1n) is 6.82. The largest absolute Gasteiger partial charge is 0.394 e. The maximum atomic E-state index is 12.7. The van der Waals surface area contributed by atoms with Crippen LogP contribution in [0, 0.1) is 6.92 Å². The summed E-state index contributed by atoms with van der Waals surface area (Å²) in [5.41, 5.74) is 1.75. The van der Waals surface area contributed by atoms with Crippen LogP contribution in [0.3, 0.4) is 0 Å². The fraction of sp³-hybridized carbons (Fsp3) is 0.533. The summed E-state index contributed by atoms with van der Waals surface area (Å²) in [6.07, 6.45) is 4.14. The Morgan fingerprint density at radius 1 is 1.42 bits per heavy atom. The minimum Gasteiger partial charge on any atom is -0.394 e. The molecule has 0 spiro atoms. The summed E-state index contributed by atoms with van der Waals surface area (Å²) in [5, 5.41) is 9.50. The van der Waals surface area contributed by atoms with Gasteiger partial charge in [-0.2, -0.15) is 0 Å². The third-order valence-corrected chi connectivity index (χ3v) is 4.82. The first-order valence-corrected chi connectivity index (χ1v) is 7.61. The molecule has 1 unspecified atom stereocenters. The number of likely N-dealkylation sites (tertiary alicyclic amines) is 1. The monoisotopic (exact) mass is 325 g/mol. The van der Waals surface area contributed by atoms with Crippen LogP contribution in [0.5, 0.6) is 0 Å². The van der Waals surface area contributed by atoms with E-state index in [9.17, 15) is 9.90 Å². The molecule has 1 aliphatic rings. The molecule has 0 bridgehead atoms. The number of aryl methyl sites for hydroxylation is 1. The second kappa shape index (κ2) is 6.53. The molecule has 1 atom stereocenters. The Morgan fingerprint density at radius 3 is 2.95 bits per heavy atom. The Balaban J connectivity index is 2.28. The summed E-state index contributed by atoms with van der Waals surface area (Å²) >= 11 is 3.50. The number of halogens is 1. The summed E-state index contributed by atoms with van der Waals surface area (Å²) in [6, 6.07) is 5.69. The average molecular weight is 326 g/mol. The Labute approximate surface area is 122 Å². The zero-order chi connectivity index (χ0) is 13.8. The normalized spacial score (nSPS) is 20.2. The van der Waals surface area contributed by atoms with Gasteiger partial charge in [0.15, 0.2) is 0 Å². The number of rotatable bonds is 2. The van der Waals surface area contributed by atoms with Gasteiger partial charge in [-0.15, -0.1) is 0 Å². The van der Waals surface area contributed by atoms with Crippen LogP contribution < -0.4 is 0 Å². The van der Waals surface area contributed by atoms with Crippen LogP contribution in [0.1, 0.15) is 41.6 Å². The van der Waals surface area contributed by atoms with Gasteiger partial charge in [-0.1, -0.05) is 25.0 Å². The standard InChI is InChI=1S/C15H20BrNO2/c1-11-6-5-8-13(14(11)16)15(19)17-9-4-2-3-7-12(17)10-18/h5-6,8,12,18H,2-4,7,9-10H2,1H3. The van der Waals surface area contributed by atoms with Gasteiger partial charge in [0, 0.05) is 11.0 Å². The maximum Gasteiger partial charge on any atom is 0.255 e. The average Bonchev–Trinajstić information content (AvgIpc) is 2.66. The van der Waals surface area contributed by atoms with Crippen molar-refractivity contribution in [2.75, 3.05) is 13.2 Å². The van der Waals surface area contributed by atoms with Gasteiger partial charge >= 0.3 is 0 Å². The quantitative estimate of drug-likeness (QED) is 0.907. The van der Waals surface area contributed by atoms with Crippen LogP contribution in [0.2, 0.25) is 0 Å². The molecular weight excluding hydrogens is 306 g/mol. The van der Waals surface area contributed by atoms with Gasteiger partial charge in [0.25, 0.3) is 5.91 Å². The van der Waals surface area contributed by atoms with E-state index < -0.39 is 0 Å². The molecule has 1 aliphatic heterocycles. The lowest BCUT2D eigenvalue weighted by molar-refractivity contribution is 0.0599. The third-order valence-electron chi connectivity index (χ3n) is 3.77. The molecule has 0 aliphatic carbocycles. The SMILES string of the molecule is Cc1cccc(C(=O)N2CCCCCC2CO)c1Br. The fourth-order valence-corrected chi connectivity index (χ4v) is 3.04. The van der Waals surface area contributed by atoms with Gasteiger partial charge in [-0.3, -0.25) is 4.79 Å². The van der Waals surface area contributed by atoms with E-state index in [1.807, 2.05) is 30.0 Å². The number of hydrogen-bond acceptors (Lipinski definition) is 2. The van der Waals surface area contributed by atoms with E-state index in [0.29, 0.717) is 5.56 Å². The molecule has 1 saturated heterocycles. The van der Waals surface area contributed by atoms with Crippen molar-refractivity contribution in [3.05, 3.63) is 33.8 Å². The molecule has 3 nitrogen and oxygen atoms in total. The van der Waals surface area contributed by atoms with Crippen LogP contribution in [0.4, 0.5) is 0 Å². The number of amides is 1. The highest BCUT2D eigenvalue weighted by molar-refractivity contribution is 9.10. The summed E-state index contributed by atoms with van der Waals surface area (Å²) in [5.74, 6) is 0.0246. The number of carbonyl (C=O) groups is 1. The molecule has 1 amide bonds. The molecule has 1 aromatic rings. The van der Waals surface area contributed by atoms with Gasteiger partial charge in [-0.25, -0.2) is 0 Å². The van der Waals surface area contributed by atoms with Crippen LogP contribution in [-0.4, -0.2) is 35.1 Å². The number of aliphatic hydroxyl groups is 1. The Bertz CT molecular complexity index is 461. The van der Waals surface area contributed by atoms with Crippen molar-refractivity contribution in [1.82, 2.24) is 4.90 Å². The summed E-state index contributed by atoms with van der Waals surface area (Å²) in [6.45, 7) is 2.77. The topological polar surface area (TPSA) is 40.5 Å². The molecule has 1 N–H and O–H groups in total. The Hall–Kier alpha value is -0.870. The fourth-order valence-electron chi connectivity index (χ4n) is 2.60. The van der Waals surface area contributed by atoms with E-state index in [1.54, 1.807) is 0 Å². The minimum absolute atomic E-state index is 0.0246. The molecular formula is C15H20BrNO2. The zero-order valence-electron chi connectivity index (χ0n) is 11.2. The lowest BCUT2D eigenvalue weighted by Crippen LogP contribution is -2.42. The van der Waals surface area contributed by atoms with E-state index in [0.717, 1.165) is 42.3 Å². The van der Waals surface area contributed by atoms with E-state index >= 15 is 0 Å². The smallest absolute Gasteiger partial charge is 0.255 e. The van der Waals surface area contributed by atoms with Crippen LogP contribution in [-0.2, 0) is 0 Å². The van der Waals surface area contributed by atoms with Crippen LogP contribution >= 0.6 is 15.9 Å². The number of aliphatic hydroxyl groups excluding tert-OH is 1. The number of nitrogens with zero attached hydrogens (tertiary/aromatic N) is 1. The highest BCUT2D eigenvalue weighted by Crippen LogP contribution is 2.25. The van der Waals surface area contributed by atoms with Crippen molar-refractivity contribution in [3.8, 4) is 0 Å². The Kier molecular flexibility index (Phi) is 4.99. The summed E-state index contributed by atoms with van der Waals surface area (Å²) in [7, 11) is 0. The molecule has 104 valence electrons. The molecule has 0 radical (unpaired) electrons. The van der Waals surface area contributed by atoms with Gasteiger partial charge in [-0.05, 0) is 47.3 Å². The molecule has 0 saturated carbocycles. The Morgan fingerprint density at radius 2 is 2.21 bits per heavy atom. The molecule has 1 fully saturated rings. The molecule has 19 heavy (non-hydrogen) atoms. The summed E-state index contributed by atoms with van der Waals surface area (Å²) in [4.78, 5) is 14.5.